The van der Waals surface area contributed by atoms with Gasteiger partial charge in [-0.1, -0.05) is 46.6 Å². The summed E-state index contributed by atoms with van der Waals surface area (Å²) in [7, 11) is 0. The van der Waals surface area contributed by atoms with Gasteiger partial charge in [0.25, 0.3) is 11.8 Å². The van der Waals surface area contributed by atoms with Gasteiger partial charge in [0.05, 0.1) is 21.3 Å². The summed E-state index contributed by atoms with van der Waals surface area (Å²) in [5.74, 6) is 0.294. The number of carbonyl (C=O) groups excluding carboxylic acids is 1. The number of rotatable bonds is 4. The highest BCUT2D eigenvalue weighted by Gasteiger charge is 2.16. The molecule has 6 nitrogen and oxygen atoms in total. The summed E-state index contributed by atoms with van der Waals surface area (Å²) in [5, 5.41) is 7.49. The first-order chi connectivity index (χ1) is 13.6. The smallest absolute Gasteiger partial charge is 0.260 e. The van der Waals surface area contributed by atoms with Gasteiger partial charge in [-0.3, -0.25) is 9.78 Å². The lowest BCUT2D eigenvalue weighted by Gasteiger charge is -2.09. The monoisotopic (exact) mass is 410 g/mol. The standard InChI is InChI=1S/C20H12Cl2N4O2/c21-14-9-8-12(11-15(14)22)19(27)24-16-6-2-1-5-13(16)20-25-18(26-28-20)17-7-3-4-10-23-17/h1-11H,(H,24,27). The maximum atomic E-state index is 12.6. The summed E-state index contributed by atoms with van der Waals surface area (Å²) in [4.78, 5) is 21.2. The third-order valence-corrected chi connectivity index (χ3v) is 4.65. The Labute approximate surface area is 170 Å². The molecule has 2 aromatic heterocycles. The predicted octanol–water partition coefficient (Wildman–Crippen LogP) is 5.36. The molecular formula is C20H12Cl2N4O2. The van der Waals surface area contributed by atoms with E-state index in [-0.39, 0.29) is 11.8 Å². The number of benzene rings is 2. The third kappa shape index (κ3) is 3.74. The molecule has 0 aliphatic rings. The Hall–Kier alpha value is -3.22. The highest BCUT2D eigenvalue weighted by atomic mass is 35.5. The number of nitrogens with one attached hydrogen (secondary N) is 1. The molecule has 1 amide bonds. The molecular weight excluding hydrogens is 399 g/mol. The van der Waals surface area contributed by atoms with Crippen molar-refractivity contribution in [2.24, 2.45) is 0 Å². The third-order valence-electron chi connectivity index (χ3n) is 3.91. The van der Waals surface area contributed by atoms with Gasteiger partial charge in [0.1, 0.15) is 5.69 Å². The van der Waals surface area contributed by atoms with Crippen LogP contribution in [0.2, 0.25) is 10.0 Å². The average molecular weight is 411 g/mol. The van der Waals surface area contributed by atoms with Crippen LogP contribution in [0.1, 0.15) is 10.4 Å². The summed E-state index contributed by atoms with van der Waals surface area (Å²) >= 11 is 11.9. The zero-order valence-electron chi connectivity index (χ0n) is 14.3. The number of carbonyl (C=O) groups is 1. The first-order valence-electron chi connectivity index (χ1n) is 8.23. The quantitative estimate of drug-likeness (QED) is 0.489. The fourth-order valence-corrected chi connectivity index (χ4v) is 2.84. The zero-order chi connectivity index (χ0) is 19.5. The molecule has 8 heteroatoms. The van der Waals surface area contributed by atoms with E-state index in [1.807, 2.05) is 12.1 Å². The lowest BCUT2D eigenvalue weighted by Crippen LogP contribution is -2.12. The van der Waals surface area contributed by atoms with Crippen molar-refractivity contribution in [1.29, 1.82) is 0 Å². The molecule has 0 unspecified atom stereocenters. The topological polar surface area (TPSA) is 80.9 Å². The largest absolute Gasteiger partial charge is 0.333 e. The second-order valence-corrected chi connectivity index (χ2v) is 6.58. The van der Waals surface area contributed by atoms with Crippen LogP contribution in [0.15, 0.2) is 71.4 Å². The Balaban J connectivity index is 1.63. The molecule has 4 rings (SSSR count). The van der Waals surface area contributed by atoms with Gasteiger partial charge in [-0.25, -0.2) is 0 Å². The highest BCUT2D eigenvalue weighted by molar-refractivity contribution is 6.42. The molecule has 0 spiro atoms. The van der Waals surface area contributed by atoms with Crippen LogP contribution >= 0.6 is 23.2 Å². The number of nitrogens with zero attached hydrogens (tertiary/aromatic N) is 3. The molecule has 0 aliphatic heterocycles. The van der Waals surface area contributed by atoms with E-state index < -0.39 is 0 Å². The molecule has 4 aromatic rings. The summed E-state index contributed by atoms with van der Waals surface area (Å²) in [6, 6.07) is 17.2. The minimum absolute atomic E-state index is 0.269. The fraction of sp³-hybridized carbons (Fsp3) is 0. The van der Waals surface area contributed by atoms with Crippen LogP contribution in [0, 0.1) is 0 Å². The molecule has 0 fully saturated rings. The Morgan fingerprint density at radius 2 is 1.79 bits per heavy atom. The van der Waals surface area contributed by atoms with Crippen molar-refractivity contribution in [2.75, 3.05) is 5.32 Å². The van der Waals surface area contributed by atoms with Crippen LogP contribution < -0.4 is 5.32 Å². The van der Waals surface area contributed by atoms with Crippen molar-refractivity contribution >= 4 is 34.8 Å². The van der Waals surface area contributed by atoms with Crippen molar-refractivity contribution in [3.8, 4) is 23.0 Å². The maximum Gasteiger partial charge on any atom is 0.260 e. The molecule has 0 saturated carbocycles. The minimum Gasteiger partial charge on any atom is -0.333 e. The molecule has 0 atom stereocenters. The number of hydrogen-bond donors (Lipinski definition) is 1. The van der Waals surface area contributed by atoms with Crippen LogP contribution in [0.4, 0.5) is 5.69 Å². The van der Waals surface area contributed by atoms with Gasteiger partial charge in [-0.15, -0.1) is 0 Å². The molecule has 28 heavy (non-hydrogen) atoms. The SMILES string of the molecule is O=C(Nc1ccccc1-c1nc(-c2ccccn2)no1)c1ccc(Cl)c(Cl)c1. The van der Waals surface area contributed by atoms with E-state index in [1.54, 1.807) is 48.7 Å². The molecule has 2 heterocycles. The molecule has 1 N–H and O–H groups in total. The Kier molecular flexibility index (Phi) is 5.06. The van der Waals surface area contributed by atoms with E-state index in [4.69, 9.17) is 27.7 Å². The molecule has 2 aromatic carbocycles. The number of aromatic nitrogens is 3. The van der Waals surface area contributed by atoms with Crippen LogP contribution in [0.3, 0.4) is 0 Å². The Morgan fingerprint density at radius 3 is 2.57 bits per heavy atom. The Morgan fingerprint density at radius 1 is 0.964 bits per heavy atom. The van der Waals surface area contributed by atoms with E-state index in [2.05, 4.69) is 20.4 Å². The number of anilines is 1. The first-order valence-corrected chi connectivity index (χ1v) is 8.98. The molecule has 0 saturated heterocycles. The lowest BCUT2D eigenvalue weighted by molar-refractivity contribution is 0.102. The van der Waals surface area contributed by atoms with E-state index in [0.717, 1.165) is 0 Å². The second kappa shape index (κ2) is 7.80. The van der Waals surface area contributed by atoms with Gasteiger partial charge in [0.15, 0.2) is 0 Å². The van der Waals surface area contributed by atoms with E-state index in [1.165, 1.54) is 6.07 Å². The molecule has 0 radical (unpaired) electrons. The normalized spacial score (nSPS) is 10.6. The number of halogens is 2. The van der Waals surface area contributed by atoms with Crippen LogP contribution in [0.5, 0.6) is 0 Å². The minimum atomic E-state index is -0.338. The van der Waals surface area contributed by atoms with Crippen molar-refractivity contribution < 1.29 is 9.32 Å². The highest BCUT2D eigenvalue weighted by Crippen LogP contribution is 2.29. The van der Waals surface area contributed by atoms with Crippen molar-refractivity contribution in [3.63, 3.8) is 0 Å². The average Bonchev–Trinajstić information content (AvgIpc) is 3.21. The lowest BCUT2D eigenvalue weighted by atomic mass is 10.1. The van der Waals surface area contributed by atoms with Crippen LogP contribution in [-0.2, 0) is 0 Å². The predicted molar refractivity (Wildman–Crippen MR) is 107 cm³/mol. The molecule has 0 bridgehead atoms. The van der Waals surface area contributed by atoms with Gasteiger partial charge < -0.3 is 9.84 Å². The summed E-state index contributed by atoms with van der Waals surface area (Å²) in [6.07, 6.45) is 1.65. The zero-order valence-corrected chi connectivity index (χ0v) is 15.8. The summed E-state index contributed by atoms with van der Waals surface area (Å²) in [6.45, 7) is 0. The van der Waals surface area contributed by atoms with E-state index in [0.29, 0.717) is 38.4 Å². The first kappa shape index (κ1) is 18.2. The summed E-state index contributed by atoms with van der Waals surface area (Å²) < 4.78 is 5.38. The second-order valence-electron chi connectivity index (χ2n) is 5.77. The Bertz CT molecular complexity index is 1150. The summed E-state index contributed by atoms with van der Waals surface area (Å²) in [5.41, 5.74) is 2.08. The number of pyridine rings is 1. The number of amides is 1. The molecule has 138 valence electrons. The van der Waals surface area contributed by atoms with Crippen molar-refractivity contribution in [1.82, 2.24) is 15.1 Å². The van der Waals surface area contributed by atoms with Crippen LogP contribution in [0.25, 0.3) is 23.0 Å². The number of para-hydroxylation sites is 1. The number of hydrogen-bond acceptors (Lipinski definition) is 5. The van der Waals surface area contributed by atoms with Crippen molar-refractivity contribution in [3.05, 3.63) is 82.5 Å². The molecule has 0 aliphatic carbocycles. The van der Waals surface area contributed by atoms with Gasteiger partial charge in [-0.2, -0.15) is 4.98 Å². The van der Waals surface area contributed by atoms with Gasteiger partial charge in [0, 0.05) is 11.8 Å². The van der Waals surface area contributed by atoms with Gasteiger partial charge in [0.2, 0.25) is 5.82 Å². The van der Waals surface area contributed by atoms with Crippen molar-refractivity contribution in [2.45, 2.75) is 0 Å². The van der Waals surface area contributed by atoms with Crippen LogP contribution in [-0.4, -0.2) is 21.0 Å². The van der Waals surface area contributed by atoms with Gasteiger partial charge in [-0.05, 0) is 42.5 Å². The maximum absolute atomic E-state index is 12.6. The van der Waals surface area contributed by atoms with Gasteiger partial charge >= 0.3 is 0 Å². The fourth-order valence-electron chi connectivity index (χ4n) is 2.54. The van der Waals surface area contributed by atoms with E-state index in [9.17, 15) is 4.79 Å². The van der Waals surface area contributed by atoms with E-state index >= 15 is 0 Å².